The first kappa shape index (κ1) is 20.5. The molecule has 146 valence electrons. The first-order valence-corrected chi connectivity index (χ1v) is 10.7. The zero-order valence-electron chi connectivity index (χ0n) is 16.9. The number of rotatable bonds is 8. The summed E-state index contributed by atoms with van der Waals surface area (Å²) in [5.41, 5.74) is 0. The molecule has 2 heterocycles. The second-order valence-corrected chi connectivity index (χ2v) is 7.85. The van der Waals surface area contributed by atoms with Crippen molar-refractivity contribution in [2.45, 2.75) is 77.3 Å². The number of piperidine rings is 2. The Kier molecular flexibility index (Phi) is 9.63. The summed E-state index contributed by atoms with van der Waals surface area (Å²) in [5, 5.41) is 7.13. The van der Waals surface area contributed by atoms with Gasteiger partial charge in [0.2, 0.25) is 0 Å². The number of hydrogen-bond acceptors (Lipinski definition) is 3. The number of hydrogen-bond donors (Lipinski definition) is 2. The van der Waals surface area contributed by atoms with Crippen molar-refractivity contribution in [2.24, 2.45) is 4.99 Å². The summed E-state index contributed by atoms with van der Waals surface area (Å²) in [6.07, 6.45) is 10.4. The van der Waals surface area contributed by atoms with Crippen LogP contribution in [0, 0.1) is 0 Å². The van der Waals surface area contributed by atoms with Crippen LogP contribution in [0.1, 0.15) is 65.2 Å². The van der Waals surface area contributed by atoms with Gasteiger partial charge in [-0.3, -0.25) is 4.99 Å². The topological polar surface area (TPSA) is 42.9 Å². The SMILES string of the molecule is CCCN1CCC(NC(=NC)NCCCCN2CCCCC2C)CC1. The average molecular weight is 352 g/mol. The number of aliphatic imine (C=N–C) groups is 1. The molecule has 2 N–H and O–H groups in total. The lowest BCUT2D eigenvalue weighted by molar-refractivity contribution is 0.158. The molecule has 0 aromatic carbocycles. The normalized spacial score (nSPS) is 24.4. The fourth-order valence-corrected chi connectivity index (χ4v) is 4.14. The highest BCUT2D eigenvalue weighted by atomic mass is 15.2. The average Bonchev–Trinajstić information content (AvgIpc) is 2.63. The zero-order chi connectivity index (χ0) is 17.9. The Labute approximate surface area is 155 Å². The van der Waals surface area contributed by atoms with Crippen LogP contribution in [0.5, 0.6) is 0 Å². The van der Waals surface area contributed by atoms with Gasteiger partial charge in [-0.05, 0) is 71.5 Å². The maximum absolute atomic E-state index is 4.41. The molecule has 0 aromatic rings. The summed E-state index contributed by atoms with van der Waals surface area (Å²) in [4.78, 5) is 9.65. The van der Waals surface area contributed by atoms with E-state index in [1.165, 1.54) is 84.1 Å². The number of nitrogens with one attached hydrogen (secondary N) is 2. The Hall–Kier alpha value is -0.810. The highest BCUT2D eigenvalue weighted by Crippen LogP contribution is 2.16. The number of likely N-dealkylation sites (tertiary alicyclic amines) is 2. The van der Waals surface area contributed by atoms with Crippen LogP contribution in [0.25, 0.3) is 0 Å². The summed E-state index contributed by atoms with van der Waals surface area (Å²) in [6, 6.07) is 1.36. The van der Waals surface area contributed by atoms with Gasteiger partial charge < -0.3 is 20.4 Å². The first-order valence-electron chi connectivity index (χ1n) is 10.7. The molecule has 5 nitrogen and oxygen atoms in total. The van der Waals surface area contributed by atoms with Gasteiger partial charge >= 0.3 is 0 Å². The van der Waals surface area contributed by atoms with E-state index in [2.05, 4.69) is 39.3 Å². The molecule has 0 saturated carbocycles. The lowest BCUT2D eigenvalue weighted by Gasteiger charge is -2.33. The maximum atomic E-state index is 4.41. The molecule has 1 unspecified atom stereocenters. The summed E-state index contributed by atoms with van der Waals surface area (Å²) in [6.45, 7) is 11.9. The third-order valence-corrected chi connectivity index (χ3v) is 5.80. The molecule has 2 aliphatic heterocycles. The van der Waals surface area contributed by atoms with Gasteiger partial charge in [-0.1, -0.05) is 13.3 Å². The van der Waals surface area contributed by atoms with Crippen LogP contribution >= 0.6 is 0 Å². The monoisotopic (exact) mass is 351 g/mol. The van der Waals surface area contributed by atoms with E-state index < -0.39 is 0 Å². The molecule has 0 radical (unpaired) electrons. The standard InChI is InChI=1S/C20H41N5/c1-4-13-24-16-10-19(11-17-24)23-20(21-3)22-12-6-8-15-25-14-7-5-9-18(25)2/h18-19H,4-17H2,1-3H3,(H2,21,22,23). The summed E-state index contributed by atoms with van der Waals surface area (Å²) in [7, 11) is 1.89. The van der Waals surface area contributed by atoms with Gasteiger partial charge in [-0.15, -0.1) is 0 Å². The van der Waals surface area contributed by atoms with Crippen LogP contribution in [0.3, 0.4) is 0 Å². The van der Waals surface area contributed by atoms with Gasteiger partial charge in [0.25, 0.3) is 0 Å². The van der Waals surface area contributed by atoms with Gasteiger partial charge in [0.05, 0.1) is 0 Å². The molecule has 25 heavy (non-hydrogen) atoms. The van der Waals surface area contributed by atoms with Crippen LogP contribution in [0.15, 0.2) is 4.99 Å². The molecule has 0 amide bonds. The highest BCUT2D eigenvalue weighted by Gasteiger charge is 2.19. The summed E-state index contributed by atoms with van der Waals surface area (Å²) >= 11 is 0. The number of guanidine groups is 1. The van der Waals surface area contributed by atoms with Crippen LogP contribution in [0.4, 0.5) is 0 Å². The van der Waals surface area contributed by atoms with Crippen molar-refractivity contribution in [2.75, 3.05) is 46.3 Å². The second kappa shape index (κ2) is 11.7. The minimum atomic E-state index is 0.577. The largest absolute Gasteiger partial charge is 0.356 e. The van der Waals surface area contributed by atoms with Gasteiger partial charge in [-0.25, -0.2) is 0 Å². The Morgan fingerprint density at radius 3 is 2.52 bits per heavy atom. The van der Waals surface area contributed by atoms with Crippen molar-refractivity contribution in [1.29, 1.82) is 0 Å². The van der Waals surface area contributed by atoms with Crippen LogP contribution in [0.2, 0.25) is 0 Å². The maximum Gasteiger partial charge on any atom is 0.191 e. The third-order valence-electron chi connectivity index (χ3n) is 5.80. The smallest absolute Gasteiger partial charge is 0.191 e. The van der Waals surface area contributed by atoms with E-state index in [0.717, 1.165) is 18.5 Å². The van der Waals surface area contributed by atoms with Crippen LogP contribution in [-0.4, -0.2) is 74.2 Å². The van der Waals surface area contributed by atoms with E-state index in [1.54, 1.807) is 0 Å². The second-order valence-electron chi connectivity index (χ2n) is 7.85. The molecule has 2 aliphatic rings. The molecular weight excluding hydrogens is 310 g/mol. The molecule has 2 saturated heterocycles. The van der Waals surface area contributed by atoms with Crippen molar-refractivity contribution < 1.29 is 0 Å². The molecular formula is C20H41N5. The van der Waals surface area contributed by atoms with Crippen molar-refractivity contribution in [1.82, 2.24) is 20.4 Å². The molecule has 5 heteroatoms. The number of unbranched alkanes of at least 4 members (excludes halogenated alkanes) is 1. The molecule has 2 rings (SSSR count). The Morgan fingerprint density at radius 1 is 1.04 bits per heavy atom. The Bertz CT molecular complexity index is 376. The molecule has 0 aromatic heterocycles. The van der Waals surface area contributed by atoms with E-state index >= 15 is 0 Å². The zero-order valence-corrected chi connectivity index (χ0v) is 16.9. The predicted octanol–water partition coefficient (Wildman–Crippen LogP) is 2.68. The van der Waals surface area contributed by atoms with E-state index in [4.69, 9.17) is 0 Å². The van der Waals surface area contributed by atoms with Crippen molar-refractivity contribution in [3.05, 3.63) is 0 Å². The van der Waals surface area contributed by atoms with Crippen molar-refractivity contribution in [3.8, 4) is 0 Å². The highest BCUT2D eigenvalue weighted by molar-refractivity contribution is 5.79. The van der Waals surface area contributed by atoms with E-state index in [1.807, 2.05) is 7.05 Å². The lowest BCUT2D eigenvalue weighted by Crippen LogP contribution is -2.49. The van der Waals surface area contributed by atoms with Gasteiger partial charge in [0, 0.05) is 38.8 Å². The summed E-state index contributed by atoms with van der Waals surface area (Å²) < 4.78 is 0. The predicted molar refractivity (Wildman–Crippen MR) is 108 cm³/mol. The fourth-order valence-electron chi connectivity index (χ4n) is 4.14. The lowest BCUT2D eigenvalue weighted by atomic mass is 10.0. The van der Waals surface area contributed by atoms with Gasteiger partial charge in [-0.2, -0.15) is 0 Å². The minimum Gasteiger partial charge on any atom is -0.356 e. The van der Waals surface area contributed by atoms with E-state index in [0.29, 0.717) is 6.04 Å². The van der Waals surface area contributed by atoms with E-state index in [-0.39, 0.29) is 0 Å². The molecule has 0 bridgehead atoms. The quantitative estimate of drug-likeness (QED) is 0.401. The Morgan fingerprint density at radius 2 is 1.84 bits per heavy atom. The first-order chi connectivity index (χ1) is 12.2. The molecule has 0 spiro atoms. The van der Waals surface area contributed by atoms with Gasteiger partial charge in [0.15, 0.2) is 5.96 Å². The Balaban J connectivity index is 1.55. The van der Waals surface area contributed by atoms with Gasteiger partial charge in [0.1, 0.15) is 0 Å². The summed E-state index contributed by atoms with van der Waals surface area (Å²) in [5.74, 6) is 0.986. The number of nitrogens with zero attached hydrogens (tertiary/aromatic N) is 3. The minimum absolute atomic E-state index is 0.577. The molecule has 2 fully saturated rings. The van der Waals surface area contributed by atoms with E-state index in [9.17, 15) is 0 Å². The molecule has 1 atom stereocenters. The van der Waals surface area contributed by atoms with Crippen LogP contribution in [-0.2, 0) is 0 Å². The third kappa shape index (κ3) is 7.53. The van der Waals surface area contributed by atoms with Crippen LogP contribution < -0.4 is 10.6 Å². The fraction of sp³-hybridized carbons (Fsp3) is 0.950. The van der Waals surface area contributed by atoms with Crippen molar-refractivity contribution >= 4 is 5.96 Å². The van der Waals surface area contributed by atoms with Crippen molar-refractivity contribution in [3.63, 3.8) is 0 Å². The molecule has 0 aliphatic carbocycles.